The lowest BCUT2D eigenvalue weighted by molar-refractivity contribution is -0.137. The van der Waals surface area contributed by atoms with Crippen LogP contribution in [0.1, 0.15) is 23.3 Å². The van der Waals surface area contributed by atoms with Crippen molar-refractivity contribution in [3.63, 3.8) is 0 Å². The first kappa shape index (κ1) is 19.9. The van der Waals surface area contributed by atoms with Crippen molar-refractivity contribution in [1.29, 1.82) is 0 Å². The van der Waals surface area contributed by atoms with Gasteiger partial charge >= 0.3 is 6.18 Å². The molecule has 4 nitrogen and oxygen atoms in total. The fourth-order valence-corrected chi connectivity index (χ4v) is 3.78. The third-order valence-corrected chi connectivity index (χ3v) is 5.17. The van der Waals surface area contributed by atoms with E-state index in [1.54, 1.807) is 11.3 Å². The number of anilines is 1. The second kappa shape index (κ2) is 8.86. The number of nitrogens with one attached hydrogen (secondary N) is 1. The summed E-state index contributed by atoms with van der Waals surface area (Å²) in [7, 11) is 0. The maximum absolute atomic E-state index is 12.6. The predicted molar refractivity (Wildman–Crippen MR) is 98.6 cm³/mol. The number of benzene rings is 1. The number of halogens is 3. The highest BCUT2D eigenvalue weighted by Gasteiger charge is 2.30. The van der Waals surface area contributed by atoms with Gasteiger partial charge in [0.05, 0.1) is 18.2 Å². The number of rotatable bonds is 7. The van der Waals surface area contributed by atoms with E-state index >= 15 is 0 Å². The number of carbonyl (C=O) groups excluding carboxylic acids is 1. The molecule has 2 heterocycles. The van der Waals surface area contributed by atoms with Gasteiger partial charge in [0.25, 0.3) is 0 Å². The molecule has 1 unspecified atom stereocenters. The Balaban J connectivity index is 1.59. The molecule has 2 aromatic rings. The van der Waals surface area contributed by atoms with Gasteiger partial charge in [0.1, 0.15) is 0 Å². The molecule has 0 spiro atoms. The molecular formula is C19H21F3N2O2S. The van der Waals surface area contributed by atoms with Crippen molar-refractivity contribution in [2.75, 3.05) is 25.0 Å². The van der Waals surface area contributed by atoms with Crippen LogP contribution in [0.15, 0.2) is 41.8 Å². The van der Waals surface area contributed by atoms with Crippen molar-refractivity contribution in [3.8, 4) is 0 Å². The van der Waals surface area contributed by atoms with Gasteiger partial charge in [-0.2, -0.15) is 13.2 Å². The molecule has 0 aliphatic carbocycles. The number of alkyl halides is 3. The van der Waals surface area contributed by atoms with E-state index in [2.05, 4.69) is 5.32 Å². The number of carbonyl (C=O) groups is 1. The van der Waals surface area contributed by atoms with Crippen LogP contribution in [0.5, 0.6) is 0 Å². The molecule has 0 saturated carbocycles. The lowest BCUT2D eigenvalue weighted by atomic mass is 10.2. The highest BCUT2D eigenvalue weighted by Crippen LogP contribution is 2.29. The highest BCUT2D eigenvalue weighted by molar-refractivity contribution is 7.09. The first-order valence-electron chi connectivity index (χ1n) is 8.73. The van der Waals surface area contributed by atoms with Gasteiger partial charge < -0.3 is 10.1 Å². The molecule has 8 heteroatoms. The van der Waals surface area contributed by atoms with Crippen LogP contribution >= 0.6 is 11.3 Å². The molecular weight excluding hydrogens is 377 g/mol. The van der Waals surface area contributed by atoms with Crippen LogP contribution in [0, 0.1) is 0 Å². The zero-order valence-electron chi connectivity index (χ0n) is 14.7. The minimum absolute atomic E-state index is 0.115. The molecule has 1 aliphatic rings. The summed E-state index contributed by atoms with van der Waals surface area (Å²) in [5.41, 5.74) is -0.389. The van der Waals surface area contributed by atoms with E-state index in [-0.39, 0.29) is 18.6 Å². The summed E-state index contributed by atoms with van der Waals surface area (Å²) in [4.78, 5) is 15.6. The van der Waals surface area contributed by atoms with Gasteiger partial charge in [-0.15, -0.1) is 11.3 Å². The van der Waals surface area contributed by atoms with Crippen LogP contribution in [-0.4, -0.2) is 36.6 Å². The average Bonchev–Trinajstić information content (AvgIpc) is 3.28. The molecule has 1 fully saturated rings. The van der Waals surface area contributed by atoms with Crippen LogP contribution in [0.25, 0.3) is 0 Å². The standard InChI is InChI=1S/C19H21F3N2O2S/c20-19(21,22)14-5-7-15(8-6-14)23-18(25)13-24(11-16-3-1-9-26-16)12-17-4-2-10-27-17/h2,4-8,10,16H,1,3,9,11-13H2,(H,23,25). The van der Waals surface area contributed by atoms with E-state index < -0.39 is 11.7 Å². The number of hydrogen-bond donors (Lipinski definition) is 1. The molecule has 1 atom stereocenters. The molecule has 0 bridgehead atoms. The van der Waals surface area contributed by atoms with Gasteiger partial charge in [-0.05, 0) is 48.6 Å². The van der Waals surface area contributed by atoms with Crippen molar-refractivity contribution in [3.05, 3.63) is 52.2 Å². The summed E-state index contributed by atoms with van der Waals surface area (Å²) in [5.74, 6) is -0.260. The van der Waals surface area contributed by atoms with Crippen LogP contribution in [-0.2, 0) is 22.3 Å². The van der Waals surface area contributed by atoms with Gasteiger partial charge in [0.15, 0.2) is 0 Å². The van der Waals surface area contributed by atoms with Gasteiger partial charge in [-0.1, -0.05) is 6.07 Å². The molecule has 1 N–H and O–H groups in total. The highest BCUT2D eigenvalue weighted by atomic mass is 32.1. The first-order chi connectivity index (χ1) is 12.9. The summed E-state index contributed by atoms with van der Waals surface area (Å²) in [6.45, 7) is 2.18. The fraction of sp³-hybridized carbons (Fsp3) is 0.421. The zero-order chi connectivity index (χ0) is 19.3. The maximum atomic E-state index is 12.6. The Labute approximate surface area is 159 Å². The quantitative estimate of drug-likeness (QED) is 0.752. The normalized spacial score (nSPS) is 17.4. The van der Waals surface area contributed by atoms with Crippen molar-refractivity contribution in [2.45, 2.75) is 31.7 Å². The Bertz CT molecular complexity index is 726. The summed E-state index contributed by atoms with van der Waals surface area (Å²) in [6.07, 6.45) is -2.28. The SMILES string of the molecule is O=C(CN(Cc1cccs1)CC1CCCO1)Nc1ccc(C(F)(F)F)cc1. The Morgan fingerprint density at radius 3 is 2.63 bits per heavy atom. The summed E-state index contributed by atoms with van der Waals surface area (Å²) in [5, 5.41) is 4.66. The summed E-state index contributed by atoms with van der Waals surface area (Å²) >= 11 is 1.62. The number of thiophene rings is 1. The third kappa shape index (κ3) is 6.05. The number of ether oxygens (including phenoxy) is 1. The second-order valence-corrected chi connectivity index (χ2v) is 7.54. The van der Waals surface area contributed by atoms with Crippen LogP contribution in [0.2, 0.25) is 0 Å². The molecule has 1 saturated heterocycles. The topological polar surface area (TPSA) is 41.6 Å². The average molecular weight is 398 g/mol. The van der Waals surface area contributed by atoms with Crippen molar-refractivity contribution in [1.82, 2.24) is 4.90 Å². The molecule has 146 valence electrons. The molecule has 1 aromatic heterocycles. The largest absolute Gasteiger partial charge is 0.416 e. The van der Waals surface area contributed by atoms with Crippen molar-refractivity contribution < 1.29 is 22.7 Å². The van der Waals surface area contributed by atoms with Crippen LogP contribution in [0.4, 0.5) is 18.9 Å². The van der Waals surface area contributed by atoms with Crippen LogP contribution < -0.4 is 5.32 Å². The summed E-state index contributed by atoms with van der Waals surface area (Å²) in [6, 6.07) is 8.44. The Hall–Kier alpha value is -1.90. The van der Waals surface area contributed by atoms with Crippen LogP contribution in [0.3, 0.4) is 0 Å². The van der Waals surface area contributed by atoms with E-state index in [4.69, 9.17) is 4.74 Å². The monoisotopic (exact) mass is 398 g/mol. The van der Waals surface area contributed by atoms with Gasteiger partial charge in [-0.3, -0.25) is 9.69 Å². The van der Waals surface area contributed by atoms with E-state index in [9.17, 15) is 18.0 Å². The predicted octanol–water partition coefficient (Wildman–Crippen LogP) is 4.39. The van der Waals surface area contributed by atoms with E-state index in [1.165, 1.54) is 12.1 Å². The molecule has 1 amide bonds. The third-order valence-electron chi connectivity index (χ3n) is 4.31. The minimum Gasteiger partial charge on any atom is -0.377 e. The Morgan fingerprint density at radius 1 is 1.26 bits per heavy atom. The number of hydrogen-bond acceptors (Lipinski definition) is 4. The summed E-state index contributed by atoms with van der Waals surface area (Å²) < 4.78 is 43.5. The van der Waals surface area contributed by atoms with Gasteiger partial charge in [0, 0.05) is 30.3 Å². The lowest BCUT2D eigenvalue weighted by Gasteiger charge is -2.24. The number of amides is 1. The fourth-order valence-electron chi connectivity index (χ4n) is 3.03. The molecule has 27 heavy (non-hydrogen) atoms. The zero-order valence-corrected chi connectivity index (χ0v) is 15.5. The van der Waals surface area contributed by atoms with E-state index in [0.29, 0.717) is 18.8 Å². The molecule has 1 aliphatic heterocycles. The van der Waals surface area contributed by atoms with Gasteiger partial charge in [-0.25, -0.2) is 0 Å². The molecule has 1 aromatic carbocycles. The van der Waals surface area contributed by atoms with Crippen molar-refractivity contribution >= 4 is 22.9 Å². The van der Waals surface area contributed by atoms with E-state index in [1.807, 2.05) is 22.4 Å². The number of nitrogens with zero attached hydrogens (tertiary/aromatic N) is 1. The Kier molecular flexibility index (Phi) is 6.51. The second-order valence-electron chi connectivity index (χ2n) is 6.51. The first-order valence-corrected chi connectivity index (χ1v) is 9.61. The lowest BCUT2D eigenvalue weighted by Crippen LogP contribution is -2.37. The van der Waals surface area contributed by atoms with Gasteiger partial charge in [0.2, 0.25) is 5.91 Å². The smallest absolute Gasteiger partial charge is 0.377 e. The van der Waals surface area contributed by atoms with Crippen molar-refractivity contribution in [2.24, 2.45) is 0 Å². The maximum Gasteiger partial charge on any atom is 0.416 e. The molecule has 3 rings (SSSR count). The minimum atomic E-state index is -4.39. The Morgan fingerprint density at radius 2 is 2.04 bits per heavy atom. The van der Waals surface area contributed by atoms with E-state index in [0.717, 1.165) is 36.5 Å². The molecule has 0 radical (unpaired) electrons.